The topological polar surface area (TPSA) is 66.4 Å². The Morgan fingerprint density at radius 2 is 1.65 bits per heavy atom. The molecule has 4 heteroatoms. The van der Waals surface area contributed by atoms with Gasteiger partial charge in [0, 0.05) is 6.42 Å². The molecule has 0 rings (SSSR count). The zero-order chi connectivity index (χ0) is 13.8. The molecule has 0 aromatic carbocycles. The van der Waals surface area contributed by atoms with E-state index in [1.165, 1.54) is 0 Å². The lowest BCUT2D eigenvalue weighted by atomic mass is 9.80. The molecule has 0 radical (unpaired) electrons. The van der Waals surface area contributed by atoms with Crippen molar-refractivity contribution in [1.29, 1.82) is 0 Å². The van der Waals surface area contributed by atoms with E-state index in [0.717, 1.165) is 0 Å². The number of carbonyl (C=O) groups excluding carboxylic acids is 1. The van der Waals surface area contributed by atoms with Crippen molar-refractivity contribution in [1.82, 2.24) is 5.32 Å². The van der Waals surface area contributed by atoms with Gasteiger partial charge in [0.25, 0.3) is 0 Å². The van der Waals surface area contributed by atoms with Crippen LogP contribution >= 0.6 is 0 Å². The molecule has 100 valence electrons. The zero-order valence-corrected chi connectivity index (χ0v) is 11.7. The van der Waals surface area contributed by atoms with Crippen molar-refractivity contribution in [3.63, 3.8) is 0 Å². The maximum Gasteiger partial charge on any atom is 0.326 e. The van der Waals surface area contributed by atoms with Crippen LogP contribution in [0.2, 0.25) is 0 Å². The summed E-state index contributed by atoms with van der Waals surface area (Å²) in [6.45, 7) is 11.8. The van der Waals surface area contributed by atoms with E-state index in [1.54, 1.807) is 13.8 Å². The third-order valence-corrected chi connectivity index (χ3v) is 3.22. The lowest BCUT2D eigenvalue weighted by Crippen LogP contribution is -2.45. The Balaban J connectivity index is 4.40. The van der Waals surface area contributed by atoms with Gasteiger partial charge in [-0.15, -0.1) is 0 Å². The van der Waals surface area contributed by atoms with Gasteiger partial charge in [-0.1, -0.05) is 41.5 Å². The van der Waals surface area contributed by atoms with Gasteiger partial charge in [-0.3, -0.25) is 4.79 Å². The van der Waals surface area contributed by atoms with Crippen LogP contribution in [0.25, 0.3) is 0 Å². The van der Waals surface area contributed by atoms with Crippen molar-refractivity contribution < 1.29 is 14.7 Å². The first-order chi connectivity index (χ1) is 7.55. The average molecular weight is 243 g/mol. The summed E-state index contributed by atoms with van der Waals surface area (Å²) >= 11 is 0. The highest BCUT2D eigenvalue weighted by atomic mass is 16.4. The molecule has 2 atom stereocenters. The first kappa shape index (κ1) is 15.9. The Labute approximate surface area is 104 Å². The van der Waals surface area contributed by atoms with Crippen molar-refractivity contribution >= 4 is 11.9 Å². The fraction of sp³-hybridized carbons (Fsp3) is 0.846. The number of rotatable bonds is 5. The van der Waals surface area contributed by atoms with Crippen LogP contribution in [0.4, 0.5) is 0 Å². The summed E-state index contributed by atoms with van der Waals surface area (Å²) < 4.78 is 0. The smallest absolute Gasteiger partial charge is 0.326 e. The van der Waals surface area contributed by atoms with Gasteiger partial charge in [0.05, 0.1) is 0 Å². The molecule has 2 unspecified atom stereocenters. The SMILES string of the molecule is CC(C)C(NC(=O)CC(C)C(C)(C)C)C(=O)O. The second-order valence-electron chi connectivity index (χ2n) is 6.10. The number of aliphatic carboxylic acids is 1. The molecule has 0 aliphatic heterocycles. The highest BCUT2D eigenvalue weighted by molar-refractivity contribution is 5.83. The Morgan fingerprint density at radius 1 is 1.18 bits per heavy atom. The molecule has 0 saturated carbocycles. The van der Waals surface area contributed by atoms with Gasteiger partial charge in [-0.25, -0.2) is 4.79 Å². The molecule has 0 fully saturated rings. The molecule has 0 bridgehead atoms. The van der Waals surface area contributed by atoms with E-state index >= 15 is 0 Å². The van der Waals surface area contributed by atoms with E-state index in [2.05, 4.69) is 26.1 Å². The summed E-state index contributed by atoms with van der Waals surface area (Å²) in [4.78, 5) is 22.7. The summed E-state index contributed by atoms with van der Waals surface area (Å²) in [5, 5.41) is 11.6. The maximum atomic E-state index is 11.7. The number of hydrogen-bond acceptors (Lipinski definition) is 2. The van der Waals surface area contributed by atoms with Crippen molar-refractivity contribution in [3.8, 4) is 0 Å². The molecule has 0 heterocycles. The lowest BCUT2D eigenvalue weighted by Gasteiger charge is -2.27. The minimum Gasteiger partial charge on any atom is -0.480 e. The minimum absolute atomic E-state index is 0.0495. The molecule has 0 saturated heterocycles. The highest BCUT2D eigenvalue weighted by Gasteiger charge is 2.27. The summed E-state index contributed by atoms with van der Waals surface area (Å²) in [6.07, 6.45) is 0.361. The molecular formula is C13H25NO3. The van der Waals surface area contributed by atoms with Gasteiger partial charge >= 0.3 is 5.97 Å². The van der Waals surface area contributed by atoms with Gasteiger partial charge in [-0.05, 0) is 17.3 Å². The third-order valence-electron chi connectivity index (χ3n) is 3.22. The number of nitrogens with one attached hydrogen (secondary N) is 1. The second-order valence-corrected chi connectivity index (χ2v) is 6.10. The van der Waals surface area contributed by atoms with E-state index < -0.39 is 12.0 Å². The van der Waals surface area contributed by atoms with Crippen molar-refractivity contribution in [2.45, 2.75) is 54.0 Å². The van der Waals surface area contributed by atoms with E-state index in [9.17, 15) is 9.59 Å². The van der Waals surface area contributed by atoms with Crippen LogP contribution < -0.4 is 5.32 Å². The number of carboxylic acid groups (broad SMARTS) is 1. The first-order valence-corrected chi connectivity index (χ1v) is 6.08. The molecule has 2 N–H and O–H groups in total. The molecule has 4 nitrogen and oxygen atoms in total. The van der Waals surface area contributed by atoms with Gasteiger partial charge in [0.15, 0.2) is 0 Å². The normalized spacial score (nSPS) is 15.5. The van der Waals surface area contributed by atoms with Gasteiger partial charge in [-0.2, -0.15) is 0 Å². The van der Waals surface area contributed by atoms with Crippen LogP contribution in [0.1, 0.15) is 48.0 Å². The summed E-state index contributed by atoms with van der Waals surface area (Å²) in [6, 6.07) is -0.797. The molecule has 17 heavy (non-hydrogen) atoms. The number of amides is 1. The molecular weight excluding hydrogens is 218 g/mol. The maximum absolute atomic E-state index is 11.7. The first-order valence-electron chi connectivity index (χ1n) is 6.08. The van der Waals surface area contributed by atoms with E-state index in [4.69, 9.17) is 5.11 Å². The van der Waals surface area contributed by atoms with Crippen LogP contribution in [0.15, 0.2) is 0 Å². The lowest BCUT2D eigenvalue weighted by molar-refractivity contribution is -0.143. The standard InChI is InChI=1S/C13H25NO3/c1-8(2)11(12(16)17)14-10(15)7-9(3)13(4,5)6/h8-9,11H,7H2,1-6H3,(H,14,15)(H,16,17). The number of hydrogen-bond donors (Lipinski definition) is 2. The monoisotopic (exact) mass is 243 g/mol. The number of carboxylic acids is 1. The molecule has 1 amide bonds. The van der Waals surface area contributed by atoms with Crippen LogP contribution in [0.5, 0.6) is 0 Å². The third kappa shape index (κ3) is 5.71. The Kier molecular flexibility index (Phi) is 5.66. The van der Waals surface area contributed by atoms with Crippen molar-refractivity contribution in [2.75, 3.05) is 0 Å². The predicted octanol–water partition coefficient (Wildman–Crippen LogP) is 2.28. The Hall–Kier alpha value is -1.06. The fourth-order valence-corrected chi connectivity index (χ4v) is 1.33. The van der Waals surface area contributed by atoms with Crippen molar-refractivity contribution in [2.24, 2.45) is 17.3 Å². The molecule has 0 aliphatic rings. The average Bonchev–Trinajstić information content (AvgIpc) is 2.11. The van der Waals surface area contributed by atoms with Gasteiger partial charge < -0.3 is 10.4 Å². The van der Waals surface area contributed by atoms with Crippen LogP contribution in [-0.4, -0.2) is 23.0 Å². The molecule has 0 aliphatic carbocycles. The molecule has 0 aromatic heterocycles. The predicted molar refractivity (Wildman–Crippen MR) is 67.6 cm³/mol. The Bertz CT molecular complexity index is 279. The number of carbonyl (C=O) groups is 2. The summed E-state index contributed by atoms with van der Waals surface area (Å²) in [5.41, 5.74) is 0.0495. The zero-order valence-electron chi connectivity index (χ0n) is 11.7. The van der Waals surface area contributed by atoms with Crippen LogP contribution in [0, 0.1) is 17.3 Å². The molecule has 0 aromatic rings. The summed E-state index contributed by atoms with van der Waals surface area (Å²) in [5.74, 6) is -1.06. The highest BCUT2D eigenvalue weighted by Crippen LogP contribution is 2.27. The van der Waals surface area contributed by atoms with Crippen LogP contribution in [0.3, 0.4) is 0 Å². The van der Waals surface area contributed by atoms with Gasteiger partial charge in [0.2, 0.25) is 5.91 Å². The van der Waals surface area contributed by atoms with E-state index in [-0.39, 0.29) is 23.2 Å². The quantitative estimate of drug-likeness (QED) is 0.778. The minimum atomic E-state index is -0.975. The van der Waals surface area contributed by atoms with E-state index in [0.29, 0.717) is 6.42 Å². The summed E-state index contributed by atoms with van der Waals surface area (Å²) in [7, 11) is 0. The van der Waals surface area contributed by atoms with Gasteiger partial charge in [0.1, 0.15) is 6.04 Å². The van der Waals surface area contributed by atoms with Crippen LogP contribution in [-0.2, 0) is 9.59 Å². The van der Waals surface area contributed by atoms with Crippen molar-refractivity contribution in [3.05, 3.63) is 0 Å². The van der Waals surface area contributed by atoms with E-state index in [1.807, 2.05) is 6.92 Å². The fourth-order valence-electron chi connectivity index (χ4n) is 1.33. The molecule has 0 spiro atoms. The largest absolute Gasteiger partial charge is 0.480 e. The Morgan fingerprint density at radius 3 is 1.94 bits per heavy atom. The second kappa shape index (κ2) is 6.03.